The van der Waals surface area contributed by atoms with E-state index in [1.165, 1.54) is 0 Å². The predicted molar refractivity (Wildman–Crippen MR) is 78.2 cm³/mol. The molecule has 2 rings (SSSR count). The first-order valence-electron chi connectivity index (χ1n) is 7.97. The van der Waals surface area contributed by atoms with Gasteiger partial charge >= 0.3 is 5.97 Å². The highest BCUT2D eigenvalue weighted by atomic mass is 16.9. The average Bonchev–Trinajstić information content (AvgIpc) is 2.49. The van der Waals surface area contributed by atoms with Gasteiger partial charge in [-0.2, -0.15) is 0 Å². The zero-order valence-electron chi connectivity index (χ0n) is 13.1. The van der Waals surface area contributed by atoms with Gasteiger partial charge in [-0.15, -0.1) is 15.2 Å². The Bertz CT molecular complexity index is 377. The second kappa shape index (κ2) is 8.28. The fourth-order valence-corrected chi connectivity index (χ4v) is 3.03. The van der Waals surface area contributed by atoms with Crippen molar-refractivity contribution in [3.8, 4) is 0 Å². The van der Waals surface area contributed by atoms with Crippen LogP contribution in [0.15, 0.2) is 0 Å². The summed E-state index contributed by atoms with van der Waals surface area (Å²) in [4.78, 5) is 34.3. The highest BCUT2D eigenvalue weighted by molar-refractivity contribution is 5.72. The summed E-state index contributed by atoms with van der Waals surface area (Å²) in [5, 5.41) is 11.1. The molecule has 8 heteroatoms. The Hall–Kier alpha value is -1.41. The van der Waals surface area contributed by atoms with Gasteiger partial charge in [0.25, 0.3) is 5.09 Å². The van der Waals surface area contributed by atoms with Crippen molar-refractivity contribution in [1.29, 1.82) is 0 Å². The zero-order valence-corrected chi connectivity index (χ0v) is 13.1. The molecule has 0 unspecified atom stereocenters. The van der Waals surface area contributed by atoms with E-state index in [-0.39, 0.29) is 18.5 Å². The lowest BCUT2D eigenvalue weighted by Crippen LogP contribution is -2.40. The van der Waals surface area contributed by atoms with Crippen LogP contribution < -0.4 is 0 Å². The first-order valence-corrected chi connectivity index (χ1v) is 7.97. The van der Waals surface area contributed by atoms with E-state index in [1.54, 1.807) is 5.06 Å². The fraction of sp³-hybridized carbons (Fsp3) is 0.929. The molecule has 2 aliphatic heterocycles. The molecule has 0 N–H and O–H groups in total. The first kappa shape index (κ1) is 17.0. The molecule has 2 aliphatic rings. The summed E-state index contributed by atoms with van der Waals surface area (Å²) in [5.41, 5.74) is 0. The predicted octanol–water partition coefficient (Wildman–Crippen LogP) is 1.10. The van der Waals surface area contributed by atoms with Crippen molar-refractivity contribution in [2.75, 3.05) is 39.8 Å². The smallest absolute Gasteiger partial charge is 0.328 e. The Morgan fingerprint density at radius 1 is 1.18 bits per heavy atom. The summed E-state index contributed by atoms with van der Waals surface area (Å²) < 4.78 is 0. The molecule has 0 aromatic carbocycles. The number of rotatable bonds is 6. The Labute approximate surface area is 130 Å². The average molecular weight is 315 g/mol. The minimum absolute atomic E-state index is 0.0161. The Morgan fingerprint density at radius 2 is 1.82 bits per heavy atom. The Kier molecular flexibility index (Phi) is 6.38. The van der Waals surface area contributed by atoms with Crippen LogP contribution in [0.3, 0.4) is 0 Å². The van der Waals surface area contributed by atoms with Gasteiger partial charge in [0, 0.05) is 13.1 Å². The van der Waals surface area contributed by atoms with Crippen molar-refractivity contribution in [2.24, 2.45) is 11.8 Å². The van der Waals surface area contributed by atoms with Crippen molar-refractivity contribution in [1.82, 2.24) is 9.96 Å². The van der Waals surface area contributed by atoms with E-state index in [0.29, 0.717) is 25.4 Å². The number of nitrogens with zero attached hydrogens (tertiary/aromatic N) is 3. The number of carbonyl (C=O) groups excluding carboxylic acids is 1. The molecule has 2 saturated heterocycles. The summed E-state index contributed by atoms with van der Waals surface area (Å²) in [6.07, 6.45) is 4.16. The lowest BCUT2D eigenvalue weighted by atomic mass is 9.95. The van der Waals surface area contributed by atoms with Crippen LogP contribution in [0.1, 0.15) is 32.1 Å². The number of carbonyl (C=O) groups is 1. The third-order valence-corrected chi connectivity index (χ3v) is 4.57. The van der Waals surface area contributed by atoms with Gasteiger partial charge in [-0.3, -0.25) is 4.79 Å². The second-order valence-electron chi connectivity index (χ2n) is 6.21. The SMILES string of the molecule is CN1CCC(C(=O)ON2CCC(CCO[N+](=O)[O-])CC2)CC1. The van der Waals surface area contributed by atoms with Crippen molar-refractivity contribution in [2.45, 2.75) is 32.1 Å². The molecular weight excluding hydrogens is 290 g/mol. The van der Waals surface area contributed by atoms with Crippen LogP contribution >= 0.6 is 0 Å². The van der Waals surface area contributed by atoms with Crippen molar-refractivity contribution >= 4 is 5.97 Å². The molecule has 0 radical (unpaired) electrons. The fourth-order valence-electron chi connectivity index (χ4n) is 3.03. The summed E-state index contributed by atoms with van der Waals surface area (Å²) in [5.74, 6) is 0.309. The van der Waals surface area contributed by atoms with Gasteiger partial charge in [-0.1, -0.05) is 0 Å². The van der Waals surface area contributed by atoms with E-state index < -0.39 is 5.09 Å². The summed E-state index contributed by atoms with van der Waals surface area (Å²) in [7, 11) is 2.06. The van der Waals surface area contributed by atoms with Crippen LogP contribution in [0.5, 0.6) is 0 Å². The summed E-state index contributed by atoms with van der Waals surface area (Å²) in [6.45, 7) is 3.42. The Balaban J connectivity index is 1.62. The number of likely N-dealkylation sites (tertiary alicyclic amines) is 1. The molecule has 22 heavy (non-hydrogen) atoms. The number of hydroxylamine groups is 2. The molecule has 126 valence electrons. The highest BCUT2D eigenvalue weighted by Gasteiger charge is 2.28. The van der Waals surface area contributed by atoms with E-state index in [1.807, 2.05) is 0 Å². The van der Waals surface area contributed by atoms with Gasteiger partial charge in [0.05, 0.1) is 12.5 Å². The van der Waals surface area contributed by atoms with E-state index in [0.717, 1.165) is 38.8 Å². The normalized spacial score (nSPS) is 22.4. The Morgan fingerprint density at radius 3 is 2.41 bits per heavy atom. The topological polar surface area (TPSA) is 85.2 Å². The van der Waals surface area contributed by atoms with E-state index in [9.17, 15) is 14.9 Å². The molecular formula is C14H25N3O5. The van der Waals surface area contributed by atoms with Gasteiger partial charge < -0.3 is 14.6 Å². The third kappa shape index (κ3) is 5.42. The monoisotopic (exact) mass is 315 g/mol. The van der Waals surface area contributed by atoms with Crippen molar-refractivity contribution < 1.29 is 19.6 Å². The quantitative estimate of drug-likeness (QED) is 0.536. The zero-order chi connectivity index (χ0) is 15.9. The van der Waals surface area contributed by atoms with Crippen LogP contribution in [0, 0.1) is 22.0 Å². The molecule has 8 nitrogen and oxygen atoms in total. The minimum atomic E-state index is -0.751. The lowest BCUT2D eigenvalue weighted by Gasteiger charge is -2.33. The third-order valence-electron chi connectivity index (χ3n) is 4.57. The molecule has 2 heterocycles. The molecule has 0 atom stereocenters. The molecule has 0 aromatic heterocycles. The molecule has 0 amide bonds. The maximum absolute atomic E-state index is 12.1. The molecule has 0 aromatic rings. The second-order valence-corrected chi connectivity index (χ2v) is 6.21. The van der Waals surface area contributed by atoms with E-state index in [4.69, 9.17) is 4.84 Å². The molecule has 0 aliphatic carbocycles. The van der Waals surface area contributed by atoms with Gasteiger partial charge in [0.15, 0.2) is 0 Å². The van der Waals surface area contributed by atoms with Gasteiger partial charge in [0.2, 0.25) is 0 Å². The largest absolute Gasteiger partial charge is 0.368 e. The van der Waals surface area contributed by atoms with Gasteiger partial charge in [-0.25, -0.2) is 0 Å². The summed E-state index contributed by atoms with van der Waals surface area (Å²) in [6, 6.07) is 0. The van der Waals surface area contributed by atoms with Gasteiger partial charge in [0.1, 0.15) is 0 Å². The summed E-state index contributed by atoms with van der Waals surface area (Å²) >= 11 is 0. The van der Waals surface area contributed by atoms with Crippen LogP contribution in [0.25, 0.3) is 0 Å². The van der Waals surface area contributed by atoms with Crippen molar-refractivity contribution in [3.05, 3.63) is 10.1 Å². The van der Waals surface area contributed by atoms with Crippen LogP contribution in [0.2, 0.25) is 0 Å². The number of hydrogen-bond acceptors (Lipinski definition) is 7. The first-order chi connectivity index (χ1) is 10.5. The van der Waals surface area contributed by atoms with Crippen LogP contribution in [-0.2, 0) is 14.5 Å². The molecule has 0 bridgehead atoms. The van der Waals surface area contributed by atoms with Crippen LogP contribution in [0.4, 0.5) is 0 Å². The molecule has 0 saturated carbocycles. The lowest BCUT2D eigenvalue weighted by molar-refractivity contribution is -0.758. The van der Waals surface area contributed by atoms with E-state index >= 15 is 0 Å². The number of hydrogen-bond donors (Lipinski definition) is 0. The van der Waals surface area contributed by atoms with E-state index in [2.05, 4.69) is 16.8 Å². The molecule has 2 fully saturated rings. The maximum Gasteiger partial charge on any atom is 0.328 e. The minimum Gasteiger partial charge on any atom is -0.368 e. The van der Waals surface area contributed by atoms with Crippen molar-refractivity contribution in [3.63, 3.8) is 0 Å². The number of piperidine rings is 2. The highest BCUT2D eigenvalue weighted by Crippen LogP contribution is 2.23. The van der Waals surface area contributed by atoms with Gasteiger partial charge in [-0.05, 0) is 58.2 Å². The van der Waals surface area contributed by atoms with Crippen LogP contribution in [-0.4, -0.2) is 60.9 Å². The standard InChI is InChI=1S/C14H25N3O5/c1-15-7-4-13(5-8-15)14(18)22-16-9-2-12(3-10-16)6-11-21-17(19)20/h12-13H,2-11H2,1H3. The maximum atomic E-state index is 12.1. The molecule has 0 spiro atoms.